The Hall–Kier alpha value is -2.37. The summed E-state index contributed by atoms with van der Waals surface area (Å²) in [5.74, 6) is 1.61. The minimum atomic E-state index is 0.428. The van der Waals surface area contributed by atoms with Gasteiger partial charge in [0.2, 0.25) is 0 Å². The summed E-state index contributed by atoms with van der Waals surface area (Å²) in [5, 5.41) is 3.44. The smallest absolute Gasteiger partial charge is 0.194 e. The molecule has 1 saturated heterocycles. The van der Waals surface area contributed by atoms with Gasteiger partial charge in [-0.05, 0) is 38.3 Å². The molecule has 1 N–H and O–H groups in total. The quantitative estimate of drug-likeness (QED) is 0.687. The molecule has 1 aliphatic rings. The highest BCUT2D eigenvalue weighted by atomic mass is 15.3. The number of guanidine groups is 1. The van der Waals surface area contributed by atoms with Crippen molar-refractivity contribution in [3.05, 3.63) is 48.3 Å². The van der Waals surface area contributed by atoms with Crippen molar-refractivity contribution in [3.63, 3.8) is 0 Å². The molecule has 2 aromatic heterocycles. The number of hydrogen-bond donors (Lipinski definition) is 1. The maximum Gasteiger partial charge on any atom is 0.194 e. The van der Waals surface area contributed by atoms with Gasteiger partial charge in [-0.1, -0.05) is 13.0 Å². The number of pyridine rings is 1. The van der Waals surface area contributed by atoms with Crippen molar-refractivity contribution in [1.82, 2.24) is 24.8 Å². The fourth-order valence-corrected chi connectivity index (χ4v) is 3.36. The van der Waals surface area contributed by atoms with Crippen LogP contribution >= 0.6 is 0 Å². The van der Waals surface area contributed by atoms with Crippen LogP contribution in [0.4, 0.5) is 0 Å². The summed E-state index contributed by atoms with van der Waals surface area (Å²) in [7, 11) is 0. The molecule has 2 atom stereocenters. The van der Waals surface area contributed by atoms with Crippen LogP contribution < -0.4 is 5.32 Å². The topological polar surface area (TPSA) is 58.3 Å². The SMILES string of the molecule is CCNC(=NCc1cccc(C)n1)N1CCC(C)C(n2ccnc2)C1. The zero-order chi connectivity index (χ0) is 17.6. The summed E-state index contributed by atoms with van der Waals surface area (Å²) < 4.78 is 2.22. The molecule has 0 bridgehead atoms. The summed E-state index contributed by atoms with van der Waals surface area (Å²) in [6.45, 7) is 9.89. The van der Waals surface area contributed by atoms with Gasteiger partial charge in [0.25, 0.3) is 0 Å². The molecule has 0 amide bonds. The normalized spacial score (nSPS) is 21.4. The van der Waals surface area contributed by atoms with Crippen LogP contribution in [0.25, 0.3) is 0 Å². The number of aryl methyl sites for hydroxylation is 1. The minimum absolute atomic E-state index is 0.428. The first kappa shape index (κ1) is 17.5. The van der Waals surface area contributed by atoms with Gasteiger partial charge in [0.15, 0.2) is 5.96 Å². The van der Waals surface area contributed by atoms with Gasteiger partial charge in [-0.25, -0.2) is 9.98 Å². The molecule has 0 saturated carbocycles. The highest BCUT2D eigenvalue weighted by Crippen LogP contribution is 2.27. The van der Waals surface area contributed by atoms with Gasteiger partial charge < -0.3 is 14.8 Å². The zero-order valence-corrected chi connectivity index (χ0v) is 15.4. The Bertz CT molecular complexity index is 694. The third-order valence-electron chi connectivity index (χ3n) is 4.80. The van der Waals surface area contributed by atoms with Crippen molar-refractivity contribution in [3.8, 4) is 0 Å². The van der Waals surface area contributed by atoms with E-state index in [0.717, 1.165) is 43.4 Å². The number of likely N-dealkylation sites (tertiary alicyclic amines) is 1. The highest BCUT2D eigenvalue weighted by Gasteiger charge is 2.28. The molecule has 3 rings (SSSR count). The van der Waals surface area contributed by atoms with Gasteiger partial charge in [-0.2, -0.15) is 0 Å². The van der Waals surface area contributed by atoms with E-state index in [1.54, 1.807) is 0 Å². The molecule has 6 heteroatoms. The lowest BCUT2D eigenvalue weighted by Crippen LogP contribution is -2.49. The van der Waals surface area contributed by atoms with Crippen molar-refractivity contribution in [2.24, 2.45) is 10.9 Å². The molecule has 0 aliphatic carbocycles. The van der Waals surface area contributed by atoms with Crippen molar-refractivity contribution in [2.45, 2.75) is 39.8 Å². The summed E-state index contributed by atoms with van der Waals surface area (Å²) in [4.78, 5) is 16.0. The third kappa shape index (κ3) is 4.38. The van der Waals surface area contributed by atoms with E-state index in [4.69, 9.17) is 4.99 Å². The van der Waals surface area contributed by atoms with Crippen molar-refractivity contribution < 1.29 is 0 Å². The molecular weight excluding hydrogens is 312 g/mol. The van der Waals surface area contributed by atoms with Crippen LogP contribution in [0.15, 0.2) is 41.9 Å². The van der Waals surface area contributed by atoms with Crippen molar-refractivity contribution >= 4 is 5.96 Å². The first-order valence-electron chi connectivity index (χ1n) is 9.10. The predicted molar refractivity (Wildman–Crippen MR) is 100 cm³/mol. The lowest BCUT2D eigenvalue weighted by atomic mass is 9.93. The van der Waals surface area contributed by atoms with E-state index in [1.807, 2.05) is 37.6 Å². The molecule has 2 aromatic rings. The molecule has 1 fully saturated rings. The minimum Gasteiger partial charge on any atom is -0.357 e. The summed E-state index contributed by atoms with van der Waals surface area (Å²) >= 11 is 0. The standard InChI is InChI=1S/C19H28N6/c1-4-21-19(22-12-17-7-5-6-16(3)23-17)24-10-8-15(2)18(13-24)25-11-9-20-14-25/h5-7,9,11,14-15,18H,4,8,10,12-13H2,1-3H3,(H,21,22). The van der Waals surface area contributed by atoms with Crippen molar-refractivity contribution in [1.29, 1.82) is 0 Å². The number of hydrogen-bond acceptors (Lipinski definition) is 3. The Labute approximate surface area is 150 Å². The number of imidazole rings is 1. The molecule has 3 heterocycles. The van der Waals surface area contributed by atoms with E-state index in [-0.39, 0.29) is 0 Å². The van der Waals surface area contributed by atoms with Gasteiger partial charge in [0.05, 0.1) is 24.6 Å². The Morgan fingerprint density at radius 2 is 2.28 bits per heavy atom. The molecule has 2 unspecified atom stereocenters. The number of nitrogens with one attached hydrogen (secondary N) is 1. The van der Waals surface area contributed by atoms with E-state index in [0.29, 0.717) is 18.5 Å². The maximum absolute atomic E-state index is 4.83. The zero-order valence-electron chi connectivity index (χ0n) is 15.4. The number of aromatic nitrogens is 3. The van der Waals surface area contributed by atoms with Crippen LogP contribution in [-0.2, 0) is 6.54 Å². The molecule has 0 spiro atoms. The second kappa shape index (κ2) is 8.14. The fourth-order valence-electron chi connectivity index (χ4n) is 3.36. The van der Waals surface area contributed by atoms with Crippen LogP contribution in [0, 0.1) is 12.8 Å². The Morgan fingerprint density at radius 1 is 1.40 bits per heavy atom. The number of piperidine rings is 1. The van der Waals surface area contributed by atoms with E-state index >= 15 is 0 Å². The van der Waals surface area contributed by atoms with E-state index in [2.05, 4.69) is 44.8 Å². The van der Waals surface area contributed by atoms with Gasteiger partial charge in [0.1, 0.15) is 0 Å². The first-order valence-corrected chi connectivity index (χ1v) is 9.10. The molecular formula is C19H28N6. The molecule has 6 nitrogen and oxygen atoms in total. The number of nitrogens with zero attached hydrogens (tertiary/aromatic N) is 5. The molecule has 25 heavy (non-hydrogen) atoms. The number of rotatable bonds is 4. The van der Waals surface area contributed by atoms with Crippen LogP contribution in [0.2, 0.25) is 0 Å². The second-order valence-electron chi connectivity index (χ2n) is 6.73. The summed E-state index contributed by atoms with van der Waals surface area (Å²) in [6, 6.07) is 6.52. The van der Waals surface area contributed by atoms with Crippen LogP contribution in [-0.4, -0.2) is 45.0 Å². The predicted octanol–water partition coefficient (Wildman–Crippen LogP) is 2.64. The molecule has 134 valence electrons. The fraction of sp³-hybridized carbons (Fsp3) is 0.526. The van der Waals surface area contributed by atoms with Crippen LogP contribution in [0.1, 0.15) is 37.7 Å². The van der Waals surface area contributed by atoms with Gasteiger partial charge in [-0.15, -0.1) is 0 Å². The monoisotopic (exact) mass is 340 g/mol. The average Bonchev–Trinajstić information content (AvgIpc) is 3.14. The van der Waals surface area contributed by atoms with Crippen LogP contribution in [0.3, 0.4) is 0 Å². The van der Waals surface area contributed by atoms with E-state index < -0.39 is 0 Å². The van der Waals surface area contributed by atoms with Gasteiger partial charge in [0, 0.05) is 37.7 Å². The van der Waals surface area contributed by atoms with Crippen molar-refractivity contribution in [2.75, 3.05) is 19.6 Å². The molecule has 0 radical (unpaired) electrons. The highest BCUT2D eigenvalue weighted by molar-refractivity contribution is 5.80. The lowest BCUT2D eigenvalue weighted by Gasteiger charge is -2.39. The van der Waals surface area contributed by atoms with Crippen LogP contribution in [0.5, 0.6) is 0 Å². The Balaban J connectivity index is 1.74. The maximum atomic E-state index is 4.83. The first-order chi connectivity index (χ1) is 12.2. The second-order valence-corrected chi connectivity index (χ2v) is 6.73. The van der Waals surface area contributed by atoms with Gasteiger partial charge in [-0.3, -0.25) is 4.98 Å². The lowest BCUT2D eigenvalue weighted by molar-refractivity contribution is 0.189. The Morgan fingerprint density at radius 3 is 3.00 bits per heavy atom. The summed E-state index contributed by atoms with van der Waals surface area (Å²) in [5.41, 5.74) is 2.04. The number of aliphatic imine (C=N–C) groups is 1. The average molecular weight is 340 g/mol. The van der Waals surface area contributed by atoms with Gasteiger partial charge >= 0.3 is 0 Å². The van der Waals surface area contributed by atoms with E-state index in [1.165, 1.54) is 0 Å². The Kier molecular flexibility index (Phi) is 5.68. The molecule has 1 aliphatic heterocycles. The molecule has 0 aromatic carbocycles. The third-order valence-corrected chi connectivity index (χ3v) is 4.80. The summed E-state index contributed by atoms with van der Waals surface area (Å²) in [6.07, 6.45) is 6.99. The largest absolute Gasteiger partial charge is 0.357 e. The van der Waals surface area contributed by atoms with E-state index in [9.17, 15) is 0 Å².